The van der Waals surface area contributed by atoms with Gasteiger partial charge in [0, 0.05) is 39.3 Å². The molecule has 0 radical (unpaired) electrons. The van der Waals surface area contributed by atoms with Crippen LogP contribution >= 0.6 is 12.4 Å². The van der Waals surface area contributed by atoms with Gasteiger partial charge in [0.15, 0.2) is 0 Å². The Balaban J connectivity index is 0.00000200. The van der Waals surface area contributed by atoms with Crippen LogP contribution in [0.15, 0.2) is 0 Å². The van der Waals surface area contributed by atoms with Crippen molar-refractivity contribution in [2.45, 2.75) is 13.0 Å². The van der Waals surface area contributed by atoms with E-state index in [0.29, 0.717) is 45.9 Å². The number of amides is 3. The van der Waals surface area contributed by atoms with Crippen LogP contribution in [0.5, 0.6) is 0 Å². The topological polar surface area (TPSA) is 73.9 Å². The van der Waals surface area contributed by atoms with Crippen LogP contribution in [-0.4, -0.2) is 80.3 Å². The number of urea groups is 1. The molecule has 2 N–H and O–H groups in total. The molecule has 2 aliphatic rings. The second-order valence-electron chi connectivity index (χ2n) is 4.73. The monoisotopic (exact) mass is 306 g/mol. The minimum absolute atomic E-state index is 0. The van der Waals surface area contributed by atoms with Gasteiger partial charge in [0.1, 0.15) is 6.04 Å². The average Bonchev–Trinajstić information content (AvgIpc) is 2.48. The Kier molecular flexibility index (Phi) is 7.04. The highest BCUT2D eigenvalue weighted by Crippen LogP contribution is 2.06. The van der Waals surface area contributed by atoms with Crippen LogP contribution in [0.1, 0.15) is 6.92 Å². The molecule has 7 nitrogen and oxygen atoms in total. The molecule has 0 bridgehead atoms. The summed E-state index contributed by atoms with van der Waals surface area (Å²) in [6, 6.07) is -0.279. The number of ether oxygens (including phenoxy) is 1. The minimum Gasteiger partial charge on any atom is -0.378 e. The molecule has 116 valence electrons. The first kappa shape index (κ1) is 17.0. The van der Waals surface area contributed by atoms with Crippen LogP contribution in [0.4, 0.5) is 4.79 Å². The number of halogens is 1. The largest absolute Gasteiger partial charge is 0.378 e. The van der Waals surface area contributed by atoms with Crippen molar-refractivity contribution in [1.29, 1.82) is 0 Å². The molecule has 0 aromatic heterocycles. The summed E-state index contributed by atoms with van der Waals surface area (Å²) in [6.07, 6.45) is 0. The van der Waals surface area contributed by atoms with Crippen molar-refractivity contribution in [3.63, 3.8) is 0 Å². The third kappa shape index (κ3) is 4.22. The Morgan fingerprint density at radius 3 is 2.45 bits per heavy atom. The van der Waals surface area contributed by atoms with Gasteiger partial charge in [0.05, 0.1) is 13.2 Å². The van der Waals surface area contributed by atoms with Crippen LogP contribution in [0, 0.1) is 0 Å². The van der Waals surface area contributed by atoms with Crippen molar-refractivity contribution in [3.8, 4) is 0 Å². The van der Waals surface area contributed by atoms with Gasteiger partial charge >= 0.3 is 6.03 Å². The van der Waals surface area contributed by atoms with Crippen molar-refractivity contribution >= 4 is 24.3 Å². The number of nitrogens with zero attached hydrogens (tertiary/aromatic N) is 2. The Morgan fingerprint density at radius 1 is 1.25 bits per heavy atom. The number of rotatable bonds is 2. The van der Waals surface area contributed by atoms with Crippen LogP contribution in [0.2, 0.25) is 0 Å². The quantitative estimate of drug-likeness (QED) is 0.705. The molecule has 0 aromatic carbocycles. The van der Waals surface area contributed by atoms with Gasteiger partial charge in [-0.3, -0.25) is 4.79 Å². The van der Waals surface area contributed by atoms with Crippen molar-refractivity contribution in [1.82, 2.24) is 20.4 Å². The van der Waals surface area contributed by atoms with Crippen molar-refractivity contribution in [3.05, 3.63) is 0 Å². The molecule has 2 fully saturated rings. The summed E-state index contributed by atoms with van der Waals surface area (Å²) < 4.78 is 5.30. The molecule has 0 saturated carbocycles. The molecule has 0 spiro atoms. The zero-order valence-corrected chi connectivity index (χ0v) is 12.6. The van der Waals surface area contributed by atoms with E-state index in [0.717, 1.165) is 6.54 Å². The Morgan fingerprint density at radius 2 is 1.90 bits per heavy atom. The fraction of sp³-hybridized carbons (Fsp3) is 0.833. The third-order valence-electron chi connectivity index (χ3n) is 3.43. The Hall–Kier alpha value is -1.05. The van der Waals surface area contributed by atoms with E-state index in [-0.39, 0.29) is 30.4 Å². The summed E-state index contributed by atoms with van der Waals surface area (Å²) in [5.41, 5.74) is 0. The van der Waals surface area contributed by atoms with Crippen LogP contribution in [0.25, 0.3) is 0 Å². The second kappa shape index (κ2) is 8.28. The summed E-state index contributed by atoms with van der Waals surface area (Å²) in [7, 11) is 0. The number of carbonyl (C=O) groups excluding carboxylic acids is 2. The lowest BCUT2D eigenvalue weighted by Gasteiger charge is -2.37. The van der Waals surface area contributed by atoms with E-state index in [2.05, 4.69) is 10.6 Å². The number of hydrogen-bond acceptors (Lipinski definition) is 4. The predicted molar refractivity (Wildman–Crippen MR) is 77.1 cm³/mol. The molecule has 20 heavy (non-hydrogen) atoms. The fourth-order valence-corrected chi connectivity index (χ4v) is 2.34. The minimum atomic E-state index is -0.232. The maximum atomic E-state index is 12.2. The lowest BCUT2D eigenvalue weighted by molar-refractivity contribution is -0.137. The number of nitrogens with one attached hydrogen (secondary N) is 2. The zero-order chi connectivity index (χ0) is 13.7. The van der Waals surface area contributed by atoms with Crippen molar-refractivity contribution in [2.75, 3.05) is 52.5 Å². The number of morpholine rings is 1. The van der Waals surface area contributed by atoms with Crippen molar-refractivity contribution < 1.29 is 14.3 Å². The maximum absolute atomic E-state index is 12.2. The highest BCUT2D eigenvalue weighted by molar-refractivity contribution is 5.85. The summed E-state index contributed by atoms with van der Waals surface area (Å²) >= 11 is 0. The highest BCUT2D eigenvalue weighted by atomic mass is 35.5. The Labute approximate surface area is 125 Å². The summed E-state index contributed by atoms with van der Waals surface area (Å²) in [5.74, 6) is 0.0789. The van der Waals surface area contributed by atoms with E-state index in [1.807, 2.05) is 11.8 Å². The highest BCUT2D eigenvalue weighted by Gasteiger charge is 2.29. The SMILES string of the molecule is CCNC(=O)N1CCN(C(=O)C2COCCN2)CC1.Cl. The second-order valence-corrected chi connectivity index (χ2v) is 4.73. The summed E-state index contributed by atoms with van der Waals surface area (Å²) in [5, 5.41) is 5.94. The van der Waals surface area contributed by atoms with E-state index in [1.54, 1.807) is 4.90 Å². The molecule has 2 saturated heterocycles. The van der Waals surface area contributed by atoms with Gasteiger partial charge in [-0.1, -0.05) is 0 Å². The standard InChI is InChI=1S/C12H22N4O3.ClH/c1-2-13-12(18)16-6-4-15(5-7-16)11(17)10-9-19-8-3-14-10;/h10,14H,2-9H2,1H3,(H,13,18);1H. The van der Waals surface area contributed by atoms with E-state index >= 15 is 0 Å². The van der Waals surface area contributed by atoms with Crippen LogP contribution < -0.4 is 10.6 Å². The number of piperazine rings is 1. The summed E-state index contributed by atoms with van der Waals surface area (Å²) in [4.78, 5) is 27.4. The van der Waals surface area contributed by atoms with Gasteiger partial charge in [-0.05, 0) is 6.92 Å². The fourth-order valence-electron chi connectivity index (χ4n) is 2.34. The molecule has 2 rings (SSSR count). The van der Waals surface area contributed by atoms with Gasteiger partial charge in [-0.25, -0.2) is 4.79 Å². The first-order valence-corrected chi connectivity index (χ1v) is 6.85. The van der Waals surface area contributed by atoms with Gasteiger partial charge in [0.2, 0.25) is 5.91 Å². The molecule has 2 aliphatic heterocycles. The molecule has 2 heterocycles. The molecular weight excluding hydrogens is 284 g/mol. The molecule has 8 heteroatoms. The van der Waals surface area contributed by atoms with Gasteiger partial charge in [0.25, 0.3) is 0 Å². The lowest BCUT2D eigenvalue weighted by Crippen LogP contribution is -2.58. The lowest BCUT2D eigenvalue weighted by atomic mass is 10.2. The zero-order valence-electron chi connectivity index (χ0n) is 11.8. The first-order valence-electron chi connectivity index (χ1n) is 6.85. The van der Waals surface area contributed by atoms with Crippen molar-refractivity contribution in [2.24, 2.45) is 0 Å². The van der Waals surface area contributed by atoms with E-state index in [9.17, 15) is 9.59 Å². The molecule has 1 unspecified atom stereocenters. The average molecular weight is 307 g/mol. The first-order chi connectivity index (χ1) is 9.22. The molecule has 0 aliphatic carbocycles. The van der Waals surface area contributed by atoms with E-state index in [4.69, 9.17) is 4.74 Å². The number of hydrogen-bond donors (Lipinski definition) is 2. The number of carbonyl (C=O) groups is 2. The van der Waals surface area contributed by atoms with E-state index < -0.39 is 0 Å². The predicted octanol–water partition coefficient (Wildman–Crippen LogP) is -0.730. The molecule has 3 amide bonds. The molecular formula is C12H23ClN4O3. The van der Waals surface area contributed by atoms with E-state index in [1.165, 1.54) is 0 Å². The third-order valence-corrected chi connectivity index (χ3v) is 3.43. The summed E-state index contributed by atoms with van der Waals surface area (Å²) in [6.45, 7) is 6.70. The van der Waals surface area contributed by atoms with Crippen LogP contribution in [0.3, 0.4) is 0 Å². The molecule has 0 aromatic rings. The maximum Gasteiger partial charge on any atom is 0.317 e. The normalized spacial score (nSPS) is 22.9. The molecule has 1 atom stereocenters. The Bertz CT molecular complexity index is 329. The van der Waals surface area contributed by atoms with Gasteiger partial charge in [-0.15, -0.1) is 12.4 Å². The van der Waals surface area contributed by atoms with Gasteiger partial charge in [-0.2, -0.15) is 0 Å². The van der Waals surface area contributed by atoms with Crippen LogP contribution in [-0.2, 0) is 9.53 Å². The van der Waals surface area contributed by atoms with Gasteiger partial charge < -0.3 is 25.2 Å². The smallest absolute Gasteiger partial charge is 0.317 e.